The number of nitrogens with one attached hydrogen (secondary N) is 1. The number of ether oxygens (including phenoxy) is 1. The van der Waals surface area contributed by atoms with E-state index >= 15 is 0 Å². The highest BCUT2D eigenvalue weighted by molar-refractivity contribution is 5.57. The summed E-state index contributed by atoms with van der Waals surface area (Å²) < 4.78 is 11.2. The first-order chi connectivity index (χ1) is 11.7. The topological polar surface area (TPSA) is 60.2 Å². The van der Waals surface area contributed by atoms with Gasteiger partial charge in [-0.05, 0) is 30.2 Å². The van der Waals surface area contributed by atoms with Crippen LogP contribution in [-0.4, -0.2) is 10.1 Å². The molecule has 1 aromatic heterocycles. The zero-order valence-electron chi connectivity index (χ0n) is 14.0. The van der Waals surface area contributed by atoms with Gasteiger partial charge in [-0.25, -0.2) is 0 Å². The summed E-state index contributed by atoms with van der Waals surface area (Å²) in [5.41, 5.74) is 3.19. The third kappa shape index (κ3) is 4.13. The van der Waals surface area contributed by atoms with Crippen LogP contribution in [0.25, 0.3) is 0 Å². The SMILES string of the molecule is CCc1noc(CNc2ccc(C)cc2OCc2ccccc2)n1. The molecule has 2 aromatic carbocycles. The number of hydrogen-bond donors (Lipinski definition) is 1. The van der Waals surface area contributed by atoms with Gasteiger partial charge >= 0.3 is 0 Å². The molecule has 0 fully saturated rings. The highest BCUT2D eigenvalue weighted by Crippen LogP contribution is 2.27. The van der Waals surface area contributed by atoms with Gasteiger partial charge in [-0.1, -0.05) is 48.5 Å². The molecule has 0 amide bonds. The number of hydrogen-bond acceptors (Lipinski definition) is 5. The van der Waals surface area contributed by atoms with Crippen molar-refractivity contribution in [3.63, 3.8) is 0 Å². The molecule has 1 N–H and O–H groups in total. The molecule has 24 heavy (non-hydrogen) atoms. The van der Waals surface area contributed by atoms with Crippen LogP contribution >= 0.6 is 0 Å². The maximum Gasteiger partial charge on any atom is 0.245 e. The summed E-state index contributed by atoms with van der Waals surface area (Å²) in [6, 6.07) is 16.2. The van der Waals surface area contributed by atoms with Crippen molar-refractivity contribution in [2.75, 3.05) is 5.32 Å². The van der Waals surface area contributed by atoms with E-state index < -0.39 is 0 Å². The van der Waals surface area contributed by atoms with Gasteiger partial charge in [0.15, 0.2) is 5.82 Å². The van der Waals surface area contributed by atoms with Gasteiger partial charge < -0.3 is 14.6 Å². The van der Waals surface area contributed by atoms with Crippen molar-refractivity contribution in [1.29, 1.82) is 0 Å². The van der Waals surface area contributed by atoms with Crippen molar-refractivity contribution in [3.05, 3.63) is 71.4 Å². The van der Waals surface area contributed by atoms with Crippen LogP contribution in [0.5, 0.6) is 5.75 Å². The van der Waals surface area contributed by atoms with E-state index in [1.165, 1.54) is 0 Å². The Bertz CT molecular complexity index is 784. The zero-order valence-corrected chi connectivity index (χ0v) is 14.0. The number of nitrogens with zero attached hydrogens (tertiary/aromatic N) is 2. The van der Waals surface area contributed by atoms with Gasteiger partial charge in [0, 0.05) is 6.42 Å². The lowest BCUT2D eigenvalue weighted by atomic mass is 10.2. The molecule has 3 rings (SSSR count). The Balaban J connectivity index is 1.68. The van der Waals surface area contributed by atoms with Crippen LogP contribution in [0.3, 0.4) is 0 Å². The molecule has 0 aliphatic carbocycles. The number of benzene rings is 2. The van der Waals surface area contributed by atoms with Gasteiger partial charge in [0.05, 0.1) is 12.2 Å². The van der Waals surface area contributed by atoms with Crippen LogP contribution in [0, 0.1) is 6.92 Å². The molecular formula is C19H21N3O2. The summed E-state index contributed by atoms with van der Waals surface area (Å²) in [5.74, 6) is 2.10. The predicted molar refractivity (Wildman–Crippen MR) is 93.0 cm³/mol. The smallest absolute Gasteiger partial charge is 0.245 e. The molecule has 1 heterocycles. The Labute approximate surface area is 141 Å². The molecule has 5 nitrogen and oxygen atoms in total. The monoisotopic (exact) mass is 323 g/mol. The van der Waals surface area contributed by atoms with Crippen LogP contribution in [0.1, 0.15) is 29.8 Å². The minimum Gasteiger partial charge on any atom is -0.487 e. The first-order valence-electron chi connectivity index (χ1n) is 8.07. The Kier molecular flexibility index (Phi) is 5.11. The third-order valence-electron chi connectivity index (χ3n) is 3.63. The van der Waals surface area contributed by atoms with Crippen molar-refractivity contribution < 1.29 is 9.26 Å². The molecule has 0 radical (unpaired) electrons. The number of aromatic nitrogens is 2. The van der Waals surface area contributed by atoms with E-state index in [9.17, 15) is 0 Å². The Hall–Kier alpha value is -2.82. The summed E-state index contributed by atoms with van der Waals surface area (Å²) in [6.45, 7) is 5.04. The van der Waals surface area contributed by atoms with Gasteiger partial charge in [0.25, 0.3) is 0 Å². The van der Waals surface area contributed by atoms with E-state index in [-0.39, 0.29) is 0 Å². The first-order valence-corrected chi connectivity index (χ1v) is 8.07. The van der Waals surface area contributed by atoms with Crippen LogP contribution in [0.4, 0.5) is 5.69 Å². The number of rotatable bonds is 7. The fraction of sp³-hybridized carbons (Fsp3) is 0.263. The summed E-state index contributed by atoms with van der Waals surface area (Å²) in [6.07, 6.45) is 0.763. The van der Waals surface area contributed by atoms with Crippen molar-refractivity contribution in [2.45, 2.75) is 33.4 Å². The second kappa shape index (κ2) is 7.64. The van der Waals surface area contributed by atoms with Gasteiger partial charge in [-0.15, -0.1) is 0 Å². The lowest BCUT2D eigenvalue weighted by Gasteiger charge is -2.13. The first kappa shape index (κ1) is 16.1. The van der Waals surface area contributed by atoms with Crippen LogP contribution in [-0.2, 0) is 19.6 Å². The molecule has 0 atom stereocenters. The van der Waals surface area contributed by atoms with Gasteiger partial charge in [-0.3, -0.25) is 0 Å². The maximum absolute atomic E-state index is 5.99. The van der Waals surface area contributed by atoms with Gasteiger partial charge in [0.1, 0.15) is 12.4 Å². The molecule has 0 unspecified atom stereocenters. The summed E-state index contributed by atoms with van der Waals surface area (Å²) in [4.78, 5) is 4.30. The van der Waals surface area contributed by atoms with E-state index in [0.717, 1.165) is 34.8 Å². The average molecular weight is 323 g/mol. The highest BCUT2D eigenvalue weighted by Gasteiger charge is 2.08. The van der Waals surface area contributed by atoms with Gasteiger partial charge in [0.2, 0.25) is 5.89 Å². The van der Waals surface area contributed by atoms with E-state index in [4.69, 9.17) is 9.26 Å². The van der Waals surface area contributed by atoms with Crippen molar-refractivity contribution in [2.24, 2.45) is 0 Å². The molecule has 124 valence electrons. The molecule has 0 aliphatic rings. The molecule has 3 aromatic rings. The highest BCUT2D eigenvalue weighted by atomic mass is 16.5. The normalized spacial score (nSPS) is 10.6. The van der Waals surface area contributed by atoms with Crippen molar-refractivity contribution in [1.82, 2.24) is 10.1 Å². The number of anilines is 1. The molecule has 0 spiro atoms. The largest absolute Gasteiger partial charge is 0.487 e. The summed E-state index contributed by atoms with van der Waals surface area (Å²) >= 11 is 0. The van der Waals surface area contributed by atoms with E-state index in [0.29, 0.717) is 19.0 Å². The Morgan fingerprint density at radius 2 is 1.96 bits per heavy atom. The molecular weight excluding hydrogens is 302 g/mol. The zero-order chi connectivity index (χ0) is 16.8. The van der Waals surface area contributed by atoms with Crippen LogP contribution < -0.4 is 10.1 Å². The van der Waals surface area contributed by atoms with Crippen molar-refractivity contribution in [3.8, 4) is 5.75 Å². The quantitative estimate of drug-likeness (QED) is 0.708. The maximum atomic E-state index is 5.99. The van der Waals surface area contributed by atoms with E-state index in [1.807, 2.05) is 62.4 Å². The van der Waals surface area contributed by atoms with Crippen LogP contribution in [0.15, 0.2) is 53.1 Å². The lowest BCUT2D eigenvalue weighted by Crippen LogP contribution is -2.04. The molecule has 0 bridgehead atoms. The molecule has 0 saturated heterocycles. The van der Waals surface area contributed by atoms with Crippen LogP contribution in [0.2, 0.25) is 0 Å². The lowest BCUT2D eigenvalue weighted by molar-refractivity contribution is 0.307. The summed E-state index contributed by atoms with van der Waals surface area (Å²) in [7, 11) is 0. The Morgan fingerprint density at radius 1 is 1.12 bits per heavy atom. The molecule has 0 saturated carbocycles. The Morgan fingerprint density at radius 3 is 2.71 bits per heavy atom. The summed E-state index contributed by atoms with van der Waals surface area (Å²) in [5, 5.41) is 7.21. The second-order valence-electron chi connectivity index (χ2n) is 5.59. The van der Waals surface area contributed by atoms with Crippen molar-refractivity contribution >= 4 is 5.69 Å². The van der Waals surface area contributed by atoms with E-state index in [1.54, 1.807) is 0 Å². The van der Waals surface area contributed by atoms with E-state index in [2.05, 4.69) is 15.5 Å². The average Bonchev–Trinajstić information content (AvgIpc) is 3.08. The predicted octanol–water partition coefficient (Wildman–Crippen LogP) is 4.13. The minimum atomic E-state index is 0.470. The number of aryl methyl sites for hydroxylation is 2. The second-order valence-corrected chi connectivity index (χ2v) is 5.59. The molecule has 5 heteroatoms. The van der Waals surface area contributed by atoms with Gasteiger partial charge in [-0.2, -0.15) is 4.98 Å². The fourth-order valence-electron chi connectivity index (χ4n) is 2.31. The minimum absolute atomic E-state index is 0.470. The fourth-order valence-corrected chi connectivity index (χ4v) is 2.31. The third-order valence-corrected chi connectivity index (χ3v) is 3.63. The standard InChI is InChI=1S/C19H21N3O2/c1-3-18-21-19(24-22-18)12-20-16-10-9-14(2)11-17(16)23-13-15-7-5-4-6-8-15/h4-11,20H,3,12-13H2,1-2H3. The molecule has 0 aliphatic heterocycles.